The average Bonchev–Trinajstić information content (AvgIpc) is 2.80. The summed E-state index contributed by atoms with van der Waals surface area (Å²) in [6, 6.07) is 12.7. The number of carbonyl (C=O) groups excluding carboxylic acids is 1. The van der Waals surface area contributed by atoms with E-state index in [-0.39, 0.29) is 11.9 Å². The first kappa shape index (κ1) is 12.7. The Balaban J connectivity index is 1.88. The van der Waals surface area contributed by atoms with Crippen molar-refractivity contribution in [2.24, 2.45) is 0 Å². The van der Waals surface area contributed by atoms with Crippen LogP contribution in [0.1, 0.15) is 15.9 Å². The SMILES string of the molecule is Cc1ccc(C(=O)Nc2nc3ccccc3o2)c(Cl)c1. The fraction of sp³-hybridized carbons (Fsp3) is 0.0667. The normalized spacial score (nSPS) is 10.7. The zero-order valence-electron chi connectivity index (χ0n) is 10.7. The summed E-state index contributed by atoms with van der Waals surface area (Å²) in [6.45, 7) is 1.91. The summed E-state index contributed by atoms with van der Waals surface area (Å²) in [5.74, 6) is -0.346. The minimum absolute atomic E-state index is 0.160. The highest BCUT2D eigenvalue weighted by molar-refractivity contribution is 6.34. The summed E-state index contributed by atoms with van der Waals surface area (Å²) in [6.07, 6.45) is 0. The second-order valence-corrected chi connectivity index (χ2v) is 4.83. The molecule has 0 aliphatic carbocycles. The van der Waals surface area contributed by atoms with Gasteiger partial charge in [-0.1, -0.05) is 29.8 Å². The third kappa shape index (κ3) is 2.38. The van der Waals surface area contributed by atoms with Gasteiger partial charge >= 0.3 is 6.01 Å². The number of aromatic nitrogens is 1. The molecule has 0 radical (unpaired) electrons. The van der Waals surface area contributed by atoms with Gasteiger partial charge in [-0.2, -0.15) is 4.98 Å². The van der Waals surface area contributed by atoms with Crippen LogP contribution in [-0.2, 0) is 0 Å². The number of oxazole rings is 1. The molecule has 1 N–H and O–H groups in total. The zero-order chi connectivity index (χ0) is 14.1. The molecule has 0 atom stereocenters. The molecule has 5 heteroatoms. The Labute approximate surface area is 120 Å². The number of anilines is 1. The van der Waals surface area contributed by atoms with Crippen LogP contribution in [0.2, 0.25) is 5.02 Å². The number of amides is 1. The van der Waals surface area contributed by atoms with Crippen molar-refractivity contribution in [3.8, 4) is 0 Å². The van der Waals surface area contributed by atoms with Crippen LogP contribution >= 0.6 is 11.6 Å². The number of halogens is 1. The van der Waals surface area contributed by atoms with Gasteiger partial charge < -0.3 is 4.42 Å². The van der Waals surface area contributed by atoms with E-state index in [2.05, 4.69) is 10.3 Å². The smallest absolute Gasteiger partial charge is 0.302 e. The molecule has 100 valence electrons. The topological polar surface area (TPSA) is 55.1 Å². The lowest BCUT2D eigenvalue weighted by molar-refractivity contribution is 0.102. The van der Waals surface area contributed by atoms with Crippen LogP contribution in [0.25, 0.3) is 11.1 Å². The number of benzene rings is 2. The molecule has 1 aromatic heterocycles. The molecule has 0 unspecified atom stereocenters. The molecule has 3 rings (SSSR count). The van der Waals surface area contributed by atoms with Gasteiger partial charge in [0.1, 0.15) is 5.52 Å². The quantitative estimate of drug-likeness (QED) is 0.773. The van der Waals surface area contributed by atoms with Crippen LogP contribution in [0.3, 0.4) is 0 Å². The van der Waals surface area contributed by atoms with Crippen LogP contribution < -0.4 is 5.32 Å². The third-order valence-corrected chi connectivity index (χ3v) is 3.20. The molecule has 2 aromatic carbocycles. The van der Waals surface area contributed by atoms with Crippen molar-refractivity contribution in [3.05, 3.63) is 58.6 Å². The van der Waals surface area contributed by atoms with E-state index < -0.39 is 0 Å². The summed E-state index contributed by atoms with van der Waals surface area (Å²) in [4.78, 5) is 16.3. The predicted octanol–water partition coefficient (Wildman–Crippen LogP) is 4.04. The molecule has 1 amide bonds. The van der Waals surface area contributed by atoms with E-state index in [9.17, 15) is 4.79 Å². The van der Waals surface area contributed by atoms with Crippen LogP contribution in [0.15, 0.2) is 46.9 Å². The second-order valence-electron chi connectivity index (χ2n) is 4.42. The van der Waals surface area contributed by atoms with E-state index >= 15 is 0 Å². The summed E-state index contributed by atoms with van der Waals surface area (Å²) < 4.78 is 5.44. The van der Waals surface area contributed by atoms with Crippen molar-refractivity contribution in [3.63, 3.8) is 0 Å². The molecule has 0 spiro atoms. The van der Waals surface area contributed by atoms with Crippen LogP contribution in [0.4, 0.5) is 6.01 Å². The van der Waals surface area contributed by atoms with E-state index in [1.165, 1.54) is 0 Å². The standard InChI is InChI=1S/C15H11ClN2O2/c1-9-6-7-10(11(16)8-9)14(19)18-15-17-12-4-2-3-5-13(12)20-15/h2-8H,1H3,(H,17,18,19). The Morgan fingerprint density at radius 3 is 2.80 bits per heavy atom. The van der Waals surface area contributed by atoms with Gasteiger partial charge in [0.15, 0.2) is 5.58 Å². The first-order chi connectivity index (χ1) is 9.63. The number of rotatable bonds is 2. The maximum atomic E-state index is 12.1. The van der Waals surface area contributed by atoms with E-state index in [4.69, 9.17) is 16.0 Å². The van der Waals surface area contributed by atoms with E-state index in [1.807, 2.05) is 31.2 Å². The van der Waals surface area contributed by atoms with E-state index in [1.54, 1.807) is 18.2 Å². The number of carbonyl (C=O) groups is 1. The minimum Gasteiger partial charge on any atom is -0.423 e. The van der Waals surface area contributed by atoms with Crippen LogP contribution in [-0.4, -0.2) is 10.9 Å². The Kier molecular flexibility index (Phi) is 3.16. The molecule has 0 saturated heterocycles. The van der Waals surface area contributed by atoms with Gasteiger partial charge in [0.2, 0.25) is 0 Å². The number of hydrogen-bond donors (Lipinski definition) is 1. The van der Waals surface area contributed by atoms with Crippen LogP contribution in [0, 0.1) is 6.92 Å². The first-order valence-corrected chi connectivity index (χ1v) is 6.44. The van der Waals surface area contributed by atoms with Crippen molar-refractivity contribution in [1.29, 1.82) is 0 Å². The van der Waals surface area contributed by atoms with Crippen molar-refractivity contribution < 1.29 is 9.21 Å². The molecule has 0 aliphatic rings. The number of nitrogens with one attached hydrogen (secondary N) is 1. The van der Waals surface area contributed by atoms with Gasteiger partial charge in [-0.05, 0) is 36.8 Å². The molecule has 4 nitrogen and oxygen atoms in total. The maximum Gasteiger partial charge on any atom is 0.302 e. The fourth-order valence-corrected chi connectivity index (χ4v) is 2.22. The Hall–Kier alpha value is -2.33. The van der Waals surface area contributed by atoms with Gasteiger partial charge in [0.05, 0.1) is 10.6 Å². The number of nitrogens with zero attached hydrogens (tertiary/aromatic N) is 1. The second kappa shape index (κ2) is 4.98. The van der Waals surface area contributed by atoms with Crippen molar-refractivity contribution >= 4 is 34.6 Å². The fourth-order valence-electron chi connectivity index (χ4n) is 1.89. The predicted molar refractivity (Wildman–Crippen MR) is 78.2 cm³/mol. The molecule has 0 saturated carbocycles. The largest absolute Gasteiger partial charge is 0.423 e. The summed E-state index contributed by atoms with van der Waals surface area (Å²) in [5.41, 5.74) is 2.70. The number of hydrogen-bond acceptors (Lipinski definition) is 3. The Morgan fingerprint density at radius 2 is 2.05 bits per heavy atom. The number of para-hydroxylation sites is 2. The molecule has 1 heterocycles. The molecule has 0 fully saturated rings. The highest BCUT2D eigenvalue weighted by atomic mass is 35.5. The number of aryl methyl sites for hydroxylation is 1. The highest BCUT2D eigenvalue weighted by Gasteiger charge is 2.13. The van der Waals surface area contributed by atoms with Gasteiger partial charge in [0, 0.05) is 0 Å². The van der Waals surface area contributed by atoms with Crippen molar-refractivity contribution in [1.82, 2.24) is 4.98 Å². The van der Waals surface area contributed by atoms with E-state index in [0.717, 1.165) is 5.56 Å². The van der Waals surface area contributed by atoms with Gasteiger partial charge in [-0.3, -0.25) is 10.1 Å². The Bertz CT molecular complexity index is 762. The van der Waals surface area contributed by atoms with Crippen molar-refractivity contribution in [2.75, 3.05) is 5.32 Å². The zero-order valence-corrected chi connectivity index (χ0v) is 11.4. The lowest BCUT2D eigenvalue weighted by Gasteiger charge is -2.04. The third-order valence-electron chi connectivity index (χ3n) is 2.88. The van der Waals surface area contributed by atoms with Gasteiger partial charge in [0.25, 0.3) is 5.91 Å². The summed E-state index contributed by atoms with van der Waals surface area (Å²) >= 11 is 6.06. The number of fused-ring (bicyclic) bond motifs is 1. The van der Waals surface area contributed by atoms with E-state index in [0.29, 0.717) is 21.7 Å². The maximum absolute atomic E-state index is 12.1. The molecular formula is C15H11ClN2O2. The van der Waals surface area contributed by atoms with Crippen LogP contribution in [0.5, 0.6) is 0 Å². The molecular weight excluding hydrogens is 276 g/mol. The molecule has 0 bridgehead atoms. The molecule has 20 heavy (non-hydrogen) atoms. The highest BCUT2D eigenvalue weighted by Crippen LogP contribution is 2.21. The monoisotopic (exact) mass is 286 g/mol. The molecule has 0 aliphatic heterocycles. The van der Waals surface area contributed by atoms with Crippen molar-refractivity contribution in [2.45, 2.75) is 6.92 Å². The lowest BCUT2D eigenvalue weighted by atomic mass is 10.1. The minimum atomic E-state index is -0.346. The summed E-state index contributed by atoms with van der Waals surface area (Å²) in [5, 5.41) is 3.01. The lowest BCUT2D eigenvalue weighted by Crippen LogP contribution is -2.12. The molecule has 3 aromatic rings. The summed E-state index contributed by atoms with van der Waals surface area (Å²) in [7, 11) is 0. The first-order valence-electron chi connectivity index (χ1n) is 6.06. The van der Waals surface area contributed by atoms with Gasteiger partial charge in [-0.15, -0.1) is 0 Å². The van der Waals surface area contributed by atoms with Gasteiger partial charge in [-0.25, -0.2) is 0 Å². The average molecular weight is 287 g/mol. The Morgan fingerprint density at radius 1 is 1.25 bits per heavy atom.